The smallest absolute Gasteiger partial charge is 0.399 e. The third-order valence-corrected chi connectivity index (χ3v) is 7.40. The van der Waals surface area contributed by atoms with Crippen LogP contribution in [0.2, 0.25) is 0 Å². The highest BCUT2D eigenvalue weighted by Crippen LogP contribution is 2.45. The quantitative estimate of drug-likeness (QED) is 0.279. The normalized spacial score (nSPS) is 27.1. The fourth-order valence-corrected chi connectivity index (χ4v) is 5.63. The zero-order valence-electron chi connectivity index (χ0n) is 18.9. The van der Waals surface area contributed by atoms with Gasteiger partial charge in [0.15, 0.2) is 11.6 Å². The van der Waals surface area contributed by atoms with Gasteiger partial charge in [-0.05, 0) is 99.2 Å². The molecule has 1 nitrogen and oxygen atoms in total. The predicted octanol–water partition coefficient (Wildman–Crippen LogP) is 9.08. The predicted molar refractivity (Wildman–Crippen MR) is 116 cm³/mol. The van der Waals surface area contributed by atoms with Gasteiger partial charge in [-0.15, -0.1) is 13.2 Å². The van der Waals surface area contributed by atoms with Crippen LogP contribution in [0.3, 0.4) is 0 Å². The van der Waals surface area contributed by atoms with Gasteiger partial charge in [0.05, 0.1) is 0 Å². The van der Waals surface area contributed by atoms with Crippen LogP contribution in [0.15, 0.2) is 24.3 Å². The highest BCUT2D eigenvalue weighted by atomic mass is 19.4. The van der Waals surface area contributed by atoms with Crippen molar-refractivity contribution >= 4 is 0 Å². The summed E-state index contributed by atoms with van der Waals surface area (Å²) in [6, 6.07) is 2.02. The Morgan fingerprint density at radius 3 is 1.91 bits per heavy atom. The summed E-state index contributed by atoms with van der Waals surface area (Å²) in [5, 5.41) is 0. The fourth-order valence-electron chi connectivity index (χ4n) is 5.63. The standard InChI is InChI=1S/C26H35F5O/c1-2-3-4-5-6-7-18-8-10-19(11-9-18)20-12-14-21(15-13-20)22-16-23(27)25(24(28)17-22)32-26(29,30)31/h4-5,16-21H,2-3,6-15H2,1H3/b5-4+/t18-,19-,20-,21-. The minimum absolute atomic E-state index is 0.0126. The van der Waals surface area contributed by atoms with Crippen molar-refractivity contribution in [3.05, 3.63) is 41.5 Å². The molecule has 2 aliphatic rings. The molecule has 180 valence electrons. The molecule has 0 aliphatic heterocycles. The van der Waals surface area contributed by atoms with E-state index in [-0.39, 0.29) is 5.92 Å². The van der Waals surface area contributed by atoms with E-state index in [1.807, 2.05) is 0 Å². The summed E-state index contributed by atoms with van der Waals surface area (Å²) in [6.45, 7) is 2.19. The number of benzene rings is 1. The monoisotopic (exact) mass is 458 g/mol. The third kappa shape index (κ3) is 7.21. The Labute approximate surface area is 188 Å². The largest absolute Gasteiger partial charge is 0.573 e. The molecule has 0 radical (unpaired) electrons. The van der Waals surface area contributed by atoms with E-state index >= 15 is 0 Å². The Kier molecular flexibility index (Phi) is 9.01. The summed E-state index contributed by atoms with van der Waals surface area (Å²) in [5.74, 6) is -1.74. The van der Waals surface area contributed by atoms with Gasteiger partial charge in [-0.25, -0.2) is 8.78 Å². The van der Waals surface area contributed by atoms with Crippen molar-refractivity contribution in [1.82, 2.24) is 0 Å². The molecule has 2 aliphatic carbocycles. The topological polar surface area (TPSA) is 9.23 Å². The molecule has 0 N–H and O–H groups in total. The average molecular weight is 459 g/mol. The van der Waals surface area contributed by atoms with Crippen LogP contribution in [-0.2, 0) is 0 Å². The molecule has 0 saturated heterocycles. The molecule has 0 atom stereocenters. The van der Waals surface area contributed by atoms with E-state index in [0.29, 0.717) is 11.5 Å². The number of halogens is 5. The van der Waals surface area contributed by atoms with Crippen LogP contribution < -0.4 is 4.74 Å². The van der Waals surface area contributed by atoms with Crippen molar-refractivity contribution in [1.29, 1.82) is 0 Å². The van der Waals surface area contributed by atoms with Crippen LogP contribution in [0.25, 0.3) is 0 Å². The molecule has 2 saturated carbocycles. The number of hydrogen-bond donors (Lipinski definition) is 0. The second-order valence-corrected chi connectivity index (χ2v) is 9.59. The first-order chi connectivity index (χ1) is 15.3. The van der Waals surface area contributed by atoms with Gasteiger partial charge in [0.1, 0.15) is 0 Å². The Hall–Kier alpha value is -1.59. The number of rotatable bonds is 8. The van der Waals surface area contributed by atoms with Crippen LogP contribution in [0.1, 0.15) is 95.5 Å². The van der Waals surface area contributed by atoms with Crippen molar-refractivity contribution in [3.63, 3.8) is 0 Å². The lowest BCUT2D eigenvalue weighted by Gasteiger charge is -2.38. The first kappa shape index (κ1) is 25.0. The van der Waals surface area contributed by atoms with Crippen LogP contribution in [-0.4, -0.2) is 6.36 Å². The van der Waals surface area contributed by atoms with E-state index in [4.69, 9.17) is 0 Å². The Balaban J connectivity index is 1.46. The zero-order chi connectivity index (χ0) is 23.1. The Bertz CT molecular complexity index is 718. The molecule has 0 bridgehead atoms. The first-order valence-electron chi connectivity index (χ1n) is 12.2. The first-order valence-corrected chi connectivity index (χ1v) is 12.2. The van der Waals surface area contributed by atoms with E-state index in [1.165, 1.54) is 51.4 Å². The average Bonchev–Trinajstić information content (AvgIpc) is 2.76. The van der Waals surface area contributed by atoms with E-state index in [0.717, 1.165) is 49.7 Å². The van der Waals surface area contributed by atoms with Crippen LogP contribution in [0.4, 0.5) is 22.0 Å². The summed E-state index contributed by atoms with van der Waals surface area (Å²) < 4.78 is 68.7. The number of alkyl halides is 3. The summed E-state index contributed by atoms with van der Waals surface area (Å²) in [7, 11) is 0. The molecule has 3 rings (SSSR count). The fraction of sp³-hybridized carbons (Fsp3) is 0.692. The van der Waals surface area contributed by atoms with Gasteiger partial charge in [0, 0.05) is 0 Å². The van der Waals surface area contributed by atoms with Gasteiger partial charge < -0.3 is 4.74 Å². The number of unbranched alkanes of at least 4 members (excludes halogenated alkanes) is 1. The highest BCUT2D eigenvalue weighted by molar-refractivity contribution is 5.33. The van der Waals surface area contributed by atoms with E-state index < -0.39 is 23.7 Å². The molecular weight excluding hydrogens is 423 g/mol. The highest BCUT2D eigenvalue weighted by Gasteiger charge is 2.35. The minimum Gasteiger partial charge on any atom is -0.399 e. The summed E-state index contributed by atoms with van der Waals surface area (Å²) in [6.07, 6.45) is 13.1. The van der Waals surface area contributed by atoms with E-state index in [9.17, 15) is 22.0 Å². The van der Waals surface area contributed by atoms with Crippen molar-refractivity contribution in [2.24, 2.45) is 17.8 Å². The minimum atomic E-state index is -5.12. The van der Waals surface area contributed by atoms with Crippen LogP contribution in [0.5, 0.6) is 5.75 Å². The maximum absolute atomic E-state index is 14.1. The number of allylic oxidation sites excluding steroid dienone is 2. The number of ether oxygens (including phenoxy) is 1. The maximum Gasteiger partial charge on any atom is 0.573 e. The van der Waals surface area contributed by atoms with Crippen LogP contribution >= 0.6 is 0 Å². The SMILES string of the molecule is CCC/C=C/CC[C@H]1CC[C@H]([C@H]2CC[C@H](c3cc(F)c(OC(F)(F)F)c(F)c3)CC2)CC1. The summed E-state index contributed by atoms with van der Waals surface area (Å²) >= 11 is 0. The van der Waals surface area contributed by atoms with Gasteiger partial charge in [-0.1, -0.05) is 38.3 Å². The van der Waals surface area contributed by atoms with E-state index in [2.05, 4.69) is 23.8 Å². The Morgan fingerprint density at radius 1 is 0.844 bits per heavy atom. The van der Waals surface area contributed by atoms with Crippen molar-refractivity contribution in [3.8, 4) is 5.75 Å². The second-order valence-electron chi connectivity index (χ2n) is 9.59. The molecular formula is C26H35F5O. The maximum atomic E-state index is 14.1. The van der Waals surface area contributed by atoms with Crippen molar-refractivity contribution in [2.75, 3.05) is 0 Å². The summed E-state index contributed by atoms with van der Waals surface area (Å²) in [5.41, 5.74) is 0.438. The van der Waals surface area contributed by atoms with Gasteiger partial charge in [-0.2, -0.15) is 0 Å². The molecule has 0 unspecified atom stereocenters. The van der Waals surface area contributed by atoms with Gasteiger partial charge in [0.25, 0.3) is 0 Å². The molecule has 0 amide bonds. The second kappa shape index (κ2) is 11.5. The molecule has 0 aromatic heterocycles. The molecule has 6 heteroatoms. The van der Waals surface area contributed by atoms with Gasteiger partial charge in [0.2, 0.25) is 5.75 Å². The summed E-state index contributed by atoms with van der Waals surface area (Å²) in [4.78, 5) is 0. The van der Waals surface area contributed by atoms with Crippen LogP contribution in [0, 0.1) is 29.4 Å². The third-order valence-electron chi connectivity index (χ3n) is 7.40. The molecule has 0 spiro atoms. The molecule has 0 heterocycles. The molecule has 1 aromatic rings. The molecule has 32 heavy (non-hydrogen) atoms. The lowest BCUT2D eigenvalue weighted by atomic mass is 9.68. The molecule has 2 fully saturated rings. The van der Waals surface area contributed by atoms with Crippen molar-refractivity contribution < 1.29 is 26.7 Å². The Morgan fingerprint density at radius 2 is 1.38 bits per heavy atom. The number of hydrogen-bond acceptors (Lipinski definition) is 1. The van der Waals surface area contributed by atoms with E-state index in [1.54, 1.807) is 0 Å². The lowest BCUT2D eigenvalue weighted by molar-refractivity contribution is -0.276. The zero-order valence-corrected chi connectivity index (χ0v) is 18.9. The van der Waals surface area contributed by atoms with Gasteiger partial charge >= 0.3 is 6.36 Å². The van der Waals surface area contributed by atoms with Crippen molar-refractivity contribution in [2.45, 2.75) is 96.3 Å². The van der Waals surface area contributed by atoms with Gasteiger partial charge in [-0.3, -0.25) is 0 Å². The molecule has 1 aromatic carbocycles. The lowest BCUT2D eigenvalue weighted by Crippen LogP contribution is -2.25.